The van der Waals surface area contributed by atoms with Crippen LogP contribution >= 0.6 is 0 Å². The molecule has 1 atom stereocenters. The maximum absolute atomic E-state index is 13.4. The van der Waals surface area contributed by atoms with Gasteiger partial charge in [0.25, 0.3) is 0 Å². The van der Waals surface area contributed by atoms with E-state index in [2.05, 4.69) is 15.6 Å². The lowest BCUT2D eigenvalue weighted by molar-refractivity contribution is -0.139. The van der Waals surface area contributed by atoms with E-state index < -0.39 is 17.8 Å². The van der Waals surface area contributed by atoms with Gasteiger partial charge in [0.05, 0.1) is 18.0 Å². The van der Waals surface area contributed by atoms with Crippen molar-refractivity contribution < 1.29 is 22.8 Å². The average molecular weight is 444 g/mol. The number of benzene rings is 2. The molecule has 1 aliphatic heterocycles. The highest BCUT2D eigenvalue weighted by Crippen LogP contribution is 2.32. The van der Waals surface area contributed by atoms with E-state index in [9.17, 15) is 22.8 Å². The molecule has 1 fully saturated rings. The predicted octanol–water partition coefficient (Wildman–Crippen LogP) is 3.19. The average Bonchev–Trinajstić information content (AvgIpc) is 3.24. The Balaban J connectivity index is 1.44. The molecule has 0 bridgehead atoms. The Kier molecular flexibility index (Phi) is 6.18. The minimum absolute atomic E-state index is 0.0658. The maximum Gasteiger partial charge on any atom is 0.416 e. The molecule has 32 heavy (non-hydrogen) atoms. The molecule has 0 radical (unpaired) electrons. The van der Waals surface area contributed by atoms with Crippen molar-refractivity contribution in [3.63, 3.8) is 0 Å². The summed E-state index contributed by atoms with van der Waals surface area (Å²) < 4.78 is 40.1. The number of alkyl halides is 3. The molecule has 1 unspecified atom stereocenters. The normalized spacial score (nSPS) is 17.3. The van der Waals surface area contributed by atoms with Crippen molar-refractivity contribution in [2.24, 2.45) is 0 Å². The first-order valence-corrected chi connectivity index (χ1v) is 10.3. The second-order valence-corrected chi connectivity index (χ2v) is 7.77. The maximum atomic E-state index is 13.4. The van der Waals surface area contributed by atoms with Crippen molar-refractivity contribution in [3.05, 3.63) is 71.4 Å². The molecule has 9 heteroatoms. The summed E-state index contributed by atoms with van der Waals surface area (Å²) in [6.45, 7) is 0.905. The van der Waals surface area contributed by atoms with Gasteiger partial charge in [0, 0.05) is 43.3 Å². The lowest BCUT2D eigenvalue weighted by atomic mass is 10.0. The number of H-pyrrole nitrogens is 1. The molecule has 3 aromatic rings. The summed E-state index contributed by atoms with van der Waals surface area (Å²) in [6, 6.07) is 12.1. The summed E-state index contributed by atoms with van der Waals surface area (Å²) in [6.07, 6.45) is -2.80. The number of hydrogen-bond donors (Lipinski definition) is 3. The molecule has 4 rings (SSSR count). The summed E-state index contributed by atoms with van der Waals surface area (Å²) in [7, 11) is 0. The van der Waals surface area contributed by atoms with Crippen LogP contribution in [-0.2, 0) is 28.9 Å². The van der Waals surface area contributed by atoms with Gasteiger partial charge in [-0.05, 0) is 29.3 Å². The van der Waals surface area contributed by atoms with Gasteiger partial charge >= 0.3 is 6.18 Å². The van der Waals surface area contributed by atoms with Crippen LogP contribution in [0.25, 0.3) is 10.9 Å². The van der Waals surface area contributed by atoms with Crippen LogP contribution in [0.2, 0.25) is 0 Å². The van der Waals surface area contributed by atoms with Gasteiger partial charge in [-0.2, -0.15) is 13.2 Å². The number of rotatable bonds is 6. The van der Waals surface area contributed by atoms with Crippen LogP contribution in [0.5, 0.6) is 0 Å². The lowest BCUT2D eigenvalue weighted by Crippen LogP contribution is -2.56. The Bertz CT molecular complexity index is 1130. The Hall–Kier alpha value is -3.33. The van der Waals surface area contributed by atoms with E-state index in [1.54, 1.807) is 4.90 Å². The first-order valence-electron chi connectivity index (χ1n) is 10.3. The first-order chi connectivity index (χ1) is 15.3. The van der Waals surface area contributed by atoms with E-state index in [0.717, 1.165) is 22.5 Å². The molecule has 2 amide bonds. The smallest absolute Gasteiger partial charge is 0.361 e. The number of hydrogen-bond acceptors (Lipinski definition) is 3. The number of amides is 2. The summed E-state index contributed by atoms with van der Waals surface area (Å²) in [4.78, 5) is 29.8. The third-order valence-electron chi connectivity index (χ3n) is 5.68. The number of aromatic amines is 1. The zero-order valence-electron chi connectivity index (χ0n) is 17.2. The molecule has 3 N–H and O–H groups in total. The highest BCUT2D eigenvalue weighted by molar-refractivity contribution is 5.89. The summed E-state index contributed by atoms with van der Waals surface area (Å²) in [5, 5.41) is 6.53. The van der Waals surface area contributed by atoms with Gasteiger partial charge in [0.2, 0.25) is 11.8 Å². The number of halogens is 3. The third-order valence-corrected chi connectivity index (χ3v) is 5.68. The van der Waals surface area contributed by atoms with E-state index in [1.165, 1.54) is 18.2 Å². The molecular formula is C23H23F3N4O2. The largest absolute Gasteiger partial charge is 0.416 e. The first kappa shape index (κ1) is 21.9. The second kappa shape index (κ2) is 9.04. The quantitative estimate of drug-likeness (QED) is 0.547. The van der Waals surface area contributed by atoms with Gasteiger partial charge < -0.3 is 15.6 Å². The monoisotopic (exact) mass is 444 g/mol. The zero-order valence-corrected chi connectivity index (χ0v) is 17.2. The molecule has 6 nitrogen and oxygen atoms in total. The Morgan fingerprint density at radius 1 is 1.09 bits per heavy atom. The molecule has 1 saturated heterocycles. The zero-order chi connectivity index (χ0) is 22.7. The molecule has 0 saturated carbocycles. The number of nitrogens with one attached hydrogen (secondary N) is 3. The molecule has 0 aliphatic carbocycles. The van der Waals surface area contributed by atoms with Crippen molar-refractivity contribution in [2.75, 3.05) is 13.1 Å². The SMILES string of the molecule is O=C(CC1C(=O)NCCN1Cc1ccccc1C(F)(F)F)NCc1cccc2[nH]ccc12. The fraction of sp³-hybridized carbons (Fsp3) is 0.304. The fourth-order valence-corrected chi connectivity index (χ4v) is 4.07. The predicted molar refractivity (Wildman–Crippen MR) is 113 cm³/mol. The fourth-order valence-electron chi connectivity index (χ4n) is 4.07. The van der Waals surface area contributed by atoms with Gasteiger partial charge in [0.1, 0.15) is 0 Å². The van der Waals surface area contributed by atoms with Crippen LogP contribution in [0.15, 0.2) is 54.7 Å². The summed E-state index contributed by atoms with van der Waals surface area (Å²) in [5.41, 5.74) is 1.24. The van der Waals surface area contributed by atoms with Crippen LogP contribution in [0.3, 0.4) is 0 Å². The van der Waals surface area contributed by atoms with E-state index in [1.807, 2.05) is 30.5 Å². The van der Waals surface area contributed by atoms with E-state index in [4.69, 9.17) is 0 Å². The number of carbonyl (C=O) groups is 2. The van der Waals surface area contributed by atoms with Crippen LogP contribution < -0.4 is 10.6 Å². The lowest BCUT2D eigenvalue weighted by Gasteiger charge is -2.35. The highest BCUT2D eigenvalue weighted by Gasteiger charge is 2.36. The van der Waals surface area contributed by atoms with Gasteiger partial charge in [0.15, 0.2) is 0 Å². The van der Waals surface area contributed by atoms with E-state index in [-0.39, 0.29) is 30.3 Å². The third kappa shape index (κ3) is 4.77. The van der Waals surface area contributed by atoms with Crippen LogP contribution in [0, 0.1) is 0 Å². The molecule has 2 heterocycles. The van der Waals surface area contributed by atoms with Crippen LogP contribution in [-0.4, -0.2) is 40.8 Å². The topological polar surface area (TPSA) is 77.2 Å². The standard InChI is InChI=1S/C23H23F3N4O2/c24-23(25,26)18-6-2-1-4-16(18)14-30-11-10-28-22(32)20(30)12-21(31)29-13-15-5-3-7-19-17(15)8-9-27-19/h1-9,20,27H,10-14H2,(H,28,32)(H,29,31). The van der Waals surface area contributed by atoms with E-state index in [0.29, 0.717) is 19.6 Å². The molecule has 1 aliphatic rings. The number of nitrogens with zero attached hydrogens (tertiary/aromatic N) is 1. The van der Waals surface area contributed by atoms with Crippen molar-refractivity contribution in [1.82, 2.24) is 20.5 Å². The number of carbonyl (C=O) groups excluding carboxylic acids is 2. The Labute approximate surface area is 182 Å². The van der Waals surface area contributed by atoms with Gasteiger partial charge in [-0.15, -0.1) is 0 Å². The summed E-state index contributed by atoms with van der Waals surface area (Å²) in [5.74, 6) is -0.697. The number of fused-ring (bicyclic) bond motifs is 1. The molecule has 168 valence electrons. The van der Waals surface area contributed by atoms with Crippen molar-refractivity contribution in [1.29, 1.82) is 0 Å². The Morgan fingerprint density at radius 2 is 1.88 bits per heavy atom. The van der Waals surface area contributed by atoms with Crippen molar-refractivity contribution in [2.45, 2.75) is 31.7 Å². The van der Waals surface area contributed by atoms with E-state index >= 15 is 0 Å². The highest BCUT2D eigenvalue weighted by atomic mass is 19.4. The van der Waals surface area contributed by atoms with Crippen LogP contribution in [0.4, 0.5) is 13.2 Å². The number of aromatic nitrogens is 1. The minimum Gasteiger partial charge on any atom is -0.361 e. The minimum atomic E-state index is -4.49. The molecule has 0 spiro atoms. The van der Waals surface area contributed by atoms with Gasteiger partial charge in [-0.3, -0.25) is 14.5 Å². The van der Waals surface area contributed by atoms with Crippen molar-refractivity contribution >= 4 is 22.7 Å². The number of piperazine rings is 1. The van der Waals surface area contributed by atoms with Gasteiger partial charge in [-0.25, -0.2) is 0 Å². The van der Waals surface area contributed by atoms with Gasteiger partial charge in [-0.1, -0.05) is 30.3 Å². The van der Waals surface area contributed by atoms with Crippen molar-refractivity contribution in [3.8, 4) is 0 Å². The molecule has 2 aromatic carbocycles. The molecular weight excluding hydrogens is 421 g/mol. The summed E-state index contributed by atoms with van der Waals surface area (Å²) >= 11 is 0. The van der Waals surface area contributed by atoms with Crippen LogP contribution in [0.1, 0.15) is 23.1 Å². The Morgan fingerprint density at radius 3 is 2.69 bits per heavy atom. The molecule has 1 aromatic heterocycles. The second-order valence-electron chi connectivity index (χ2n) is 7.77.